The van der Waals surface area contributed by atoms with Gasteiger partial charge in [-0.1, -0.05) is 80.8 Å². The van der Waals surface area contributed by atoms with Gasteiger partial charge in [0, 0.05) is 31.5 Å². The topological polar surface area (TPSA) is 45.6 Å². The Balaban J connectivity index is 1.78. The molecule has 2 amide bonds. The van der Waals surface area contributed by atoms with Gasteiger partial charge in [0.05, 0.1) is 17.1 Å². The summed E-state index contributed by atoms with van der Waals surface area (Å²) in [7, 11) is 0. The summed E-state index contributed by atoms with van der Waals surface area (Å²) in [6, 6.07) is 19.6. The van der Waals surface area contributed by atoms with Crippen LogP contribution in [0.4, 0.5) is 0 Å². The fourth-order valence-corrected chi connectivity index (χ4v) is 4.54. The number of hydrogen-bond donors (Lipinski definition) is 0. The molecule has 0 unspecified atom stereocenters. The summed E-state index contributed by atoms with van der Waals surface area (Å²) in [6.07, 6.45) is 3.96. The Hall–Kier alpha value is -3.05. The zero-order valence-electron chi connectivity index (χ0n) is 21.9. The molecule has 192 valence electrons. The summed E-state index contributed by atoms with van der Waals surface area (Å²) in [5.41, 5.74) is 3.97. The van der Waals surface area contributed by atoms with E-state index in [1.807, 2.05) is 24.8 Å². The molecule has 0 N–H and O–H groups in total. The minimum Gasteiger partial charge on any atom is -0.345 e. The van der Waals surface area contributed by atoms with Crippen LogP contribution < -0.4 is 0 Å². The number of aryl methyl sites for hydroxylation is 1. The van der Waals surface area contributed by atoms with Crippen LogP contribution in [0.15, 0.2) is 66.9 Å². The highest BCUT2D eigenvalue weighted by atomic mass is 35.5. The Labute approximate surface area is 220 Å². The third kappa shape index (κ3) is 7.72. The largest absolute Gasteiger partial charge is 0.345 e. The zero-order chi connectivity index (χ0) is 26.1. The van der Waals surface area contributed by atoms with Crippen LogP contribution in [0, 0.1) is 12.8 Å². The summed E-state index contributed by atoms with van der Waals surface area (Å²) in [5.74, 6) is -0.0337. The average molecular weight is 508 g/mol. The van der Waals surface area contributed by atoms with E-state index in [1.165, 1.54) is 11.1 Å². The predicted molar refractivity (Wildman–Crippen MR) is 147 cm³/mol. The second kappa shape index (κ2) is 13.3. The van der Waals surface area contributed by atoms with Crippen LogP contribution in [-0.2, 0) is 17.9 Å². The van der Waals surface area contributed by atoms with Gasteiger partial charge in [-0.25, -0.2) is 0 Å². The van der Waals surface area contributed by atoms with E-state index < -0.39 is 0 Å². The Morgan fingerprint density at radius 3 is 2.47 bits per heavy atom. The number of benzene rings is 2. The molecule has 1 aromatic heterocycles. The molecule has 0 spiro atoms. The molecule has 3 aromatic rings. The molecule has 0 atom stereocenters. The monoisotopic (exact) mass is 507 g/mol. The van der Waals surface area contributed by atoms with Crippen molar-refractivity contribution in [1.82, 2.24) is 14.4 Å². The van der Waals surface area contributed by atoms with Crippen molar-refractivity contribution in [2.45, 2.75) is 53.6 Å². The highest BCUT2D eigenvalue weighted by Gasteiger charge is 2.24. The molecule has 0 saturated carbocycles. The van der Waals surface area contributed by atoms with Crippen molar-refractivity contribution >= 4 is 23.4 Å². The fourth-order valence-electron chi connectivity index (χ4n) is 4.32. The molecule has 0 aliphatic heterocycles. The first kappa shape index (κ1) is 27.5. The molecule has 3 rings (SSSR count). The normalized spacial score (nSPS) is 11.1. The van der Waals surface area contributed by atoms with Gasteiger partial charge in [-0.05, 0) is 49.1 Å². The second-order valence-corrected chi connectivity index (χ2v) is 10.3. The van der Waals surface area contributed by atoms with Crippen molar-refractivity contribution in [2.24, 2.45) is 5.92 Å². The van der Waals surface area contributed by atoms with Crippen LogP contribution in [0.5, 0.6) is 0 Å². The van der Waals surface area contributed by atoms with E-state index in [0.717, 1.165) is 25.1 Å². The molecule has 2 aromatic carbocycles. The van der Waals surface area contributed by atoms with E-state index >= 15 is 0 Å². The van der Waals surface area contributed by atoms with Gasteiger partial charge < -0.3 is 14.4 Å². The molecule has 36 heavy (non-hydrogen) atoms. The number of carbonyl (C=O) groups excluding carboxylic acids is 2. The van der Waals surface area contributed by atoms with E-state index in [1.54, 1.807) is 29.2 Å². The van der Waals surface area contributed by atoms with Gasteiger partial charge in [0.15, 0.2) is 0 Å². The number of aromatic nitrogens is 1. The van der Waals surface area contributed by atoms with E-state index in [4.69, 9.17) is 11.6 Å². The van der Waals surface area contributed by atoms with E-state index in [-0.39, 0.29) is 24.3 Å². The van der Waals surface area contributed by atoms with E-state index in [2.05, 4.69) is 54.9 Å². The van der Waals surface area contributed by atoms with Gasteiger partial charge >= 0.3 is 0 Å². The zero-order valence-corrected chi connectivity index (χ0v) is 22.7. The van der Waals surface area contributed by atoms with Crippen LogP contribution in [0.3, 0.4) is 0 Å². The Bertz CT molecular complexity index is 1150. The van der Waals surface area contributed by atoms with Gasteiger partial charge in [-0.2, -0.15) is 0 Å². The maximum atomic E-state index is 13.6. The quantitative estimate of drug-likeness (QED) is 0.284. The first-order valence-electron chi connectivity index (χ1n) is 12.8. The fraction of sp³-hybridized carbons (Fsp3) is 0.400. The molecule has 0 saturated heterocycles. The van der Waals surface area contributed by atoms with Crippen molar-refractivity contribution in [3.05, 3.63) is 94.3 Å². The van der Waals surface area contributed by atoms with Crippen molar-refractivity contribution in [1.29, 1.82) is 0 Å². The molecule has 1 heterocycles. The first-order chi connectivity index (χ1) is 17.3. The highest BCUT2D eigenvalue weighted by molar-refractivity contribution is 6.33. The number of halogens is 1. The van der Waals surface area contributed by atoms with Crippen molar-refractivity contribution in [2.75, 3.05) is 19.6 Å². The van der Waals surface area contributed by atoms with E-state index in [0.29, 0.717) is 30.2 Å². The van der Waals surface area contributed by atoms with Gasteiger partial charge in [0.2, 0.25) is 5.91 Å². The predicted octanol–water partition coefficient (Wildman–Crippen LogP) is 6.43. The number of carbonyl (C=O) groups is 2. The lowest BCUT2D eigenvalue weighted by Gasteiger charge is -2.29. The van der Waals surface area contributed by atoms with Crippen LogP contribution >= 0.6 is 11.6 Å². The highest BCUT2D eigenvalue weighted by Crippen LogP contribution is 2.19. The van der Waals surface area contributed by atoms with Gasteiger partial charge in [-0.3, -0.25) is 9.59 Å². The molecule has 6 heteroatoms. The maximum Gasteiger partial charge on any atom is 0.255 e. The van der Waals surface area contributed by atoms with Crippen molar-refractivity contribution in [3.63, 3.8) is 0 Å². The molecular weight excluding hydrogens is 470 g/mol. The number of unbranched alkanes of at least 4 members (excludes halogenated alkanes) is 1. The first-order valence-corrected chi connectivity index (χ1v) is 13.2. The van der Waals surface area contributed by atoms with Crippen LogP contribution in [0.2, 0.25) is 5.02 Å². The number of amides is 2. The lowest BCUT2D eigenvalue weighted by Crippen LogP contribution is -2.44. The Morgan fingerprint density at radius 2 is 1.78 bits per heavy atom. The van der Waals surface area contributed by atoms with Crippen LogP contribution in [0.25, 0.3) is 0 Å². The van der Waals surface area contributed by atoms with Crippen molar-refractivity contribution in [3.8, 4) is 0 Å². The molecule has 0 radical (unpaired) electrons. The Kier molecular flexibility index (Phi) is 10.2. The van der Waals surface area contributed by atoms with Crippen LogP contribution in [0.1, 0.15) is 60.8 Å². The summed E-state index contributed by atoms with van der Waals surface area (Å²) in [4.78, 5) is 30.5. The number of nitrogens with zero attached hydrogens (tertiary/aromatic N) is 3. The van der Waals surface area contributed by atoms with Crippen molar-refractivity contribution < 1.29 is 9.59 Å². The number of hydrogen-bond acceptors (Lipinski definition) is 2. The minimum absolute atomic E-state index is 0.0323. The summed E-state index contributed by atoms with van der Waals surface area (Å²) in [5, 5.41) is 0.403. The molecule has 0 bridgehead atoms. The third-order valence-corrected chi connectivity index (χ3v) is 6.48. The molecule has 0 aliphatic carbocycles. The summed E-state index contributed by atoms with van der Waals surface area (Å²) in [6.45, 7) is 10.7. The van der Waals surface area contributed by atoms with Gasteiger partial charge in [0.1, 0.15) is 6.54 Å². The SMILES string of the molecule is CCCCN(Cc1cccn1Cc1cccc(C)c1)C(=O)CN(CC(C)C)C(=O)c1ccccc1Cl. The molecule has 0 aliphatic rings. The third-order valence-electron chi connectivity index (χ3n) is 6.15. The molecular formula is C30H38ClN3O2. The minimum atomic E-state index is -0.207. The van der Waals surface area contributed by atoms with Crippen LogP contribution in [-0.4, -0.2) is 45.8 Å². The van der Waals surface area contributed by atoms with E-state index in [9.17, 15) is 9.59 Å². The lowest BCUT2D eigenvalue weighted by atomic mass is 10.1. The average Bonchev–Trinajstić information content (AvgIpc) is 3.27. The number of rotatable bonds is 12. The second-order valence-electron chi connectivity index (χ2n) is 9.84. The standard InChI is InChI=1S/C30H38ClN3O2/c1-5-6-16-33(21-26-13-10-17-32(26)20-25-12-9-11-24(4)18-25)29(35)22-34(19-23(2)3)30(36)27-14-7-8-15-28(27)31/h7-15,17-18,23H,5-6,16,19-22H2,1-4H3. The lowest BCUT2D eigenvalue weighted by molar-refractivity contribution is -0.132. The summed E-state index contributed by atoms with van der Waals surface area (Å²) < 4.78 is 2.20. The smallest absolute Gasteiger partial charge is 0.255 e. The molecule has 0 fully saturated rings. The Morgan fingerprint density at radius 1 is 1.00 bits per heavy atom. The summed E-state index contributed by atoms with van der Waals surface area (Å²) >= 11 is 6.31. The molecule has 5 nitrogen and oxygen atoms in total. The van der Waals surface area contributed by atoms with Gasteiger partial charge in [-0.15, -0.1) is 0 Å². The van der Waals surface area contributed by atoms with Gasteiger partial charge in [0.25, 0.3) is 5.91 Å². The maximum absolute atomic E-state index is 13.6.